The SMILES string of the molecule is CCOC(=O)c1ccc(-n2c(O)c(O)c(Cc3ccccc3)c2-c2ccc(OC)cc2)cc1. The van der Waals surface area contributed by atoms with Crippen LogP contribution in [0.5, 0.6) is 17.4 Å². The Morgan fingerprint density at radius 2 is 1.58 bits per heavy atom. The van der Waals surface area contributed by atoms with Crippen LogP contribution in [0.2, 0.25) is 0 Å². The molecule has 4 aromatic rings. The Labute approximate surface area is 192 Å². The van der Waals surface area contributed by atoms with E-state index in [4.69, 9.17) is 9.47 Å². The zero-order valence-corrected chi connectivity index (χ0v) is 18.5. The standard InChI is InChI=1S/C27H25NO5/c1-3-33-27(31)20-9-13-21(14-10-20)28-24(19-11-15-22(32-2)16-12-19)23(25(29)26(28)30)17-18-7-5-4-6-8-18/h4-16,29-30H,3,17H2,1-2H3. The molecule has 0 radical (unpaired) electrons. The van der Waals surface area contributed by atoms with Crippen LogP contribution in [0.15, 0.2) is 78.9 Å². The number of rotatable bonds is 7. The monoisotopic (exact) mass is 443 g/mol. The van der Waals surface area contributed by atoms with E-state index < -0.39 is 5.97 Å². The summed E-state index contributed by atoms with van der Waals surface area (Å²) in [6.07, 6.45) is 0.426. The smallest absolute Gasteiger partial charge is 0.338 e. The molecule has 0 saturated carbocycles. The molecule has 0 fully saturated rings. The molecule has 0 aliphatic heterocycles. The Kier molecular flexibility index (Phi) is 6.36. The van der Waals surface area contributed by atoms with E-state index in [1.54, 1.807) is 42.9 Å². The molecule has 0 atom stereocenters. The van der Waals surface area contributed by atoms with Gasteiger partial charge in [-0.25, -0.2) is 4.79 Å². The maximum absolute atomic E-state index is 12.0. The fraction of sp³-hybridized carbons (Fsp3) is 0.148. The first-order valence-electron chi connectivity index (χ1n) is 10.6. The number of hydrogen-bond donors (Lipinski definition) is 2. The van der Waals surface area contributed by atoms with Gasteiger partial charge in [0.25, 0.3) is 0 Å². The van der Waals surface area contributed by atoms with E-state index in [0.717, 1.165) is 11.1 Å². The van der Waals surface area contributed by atoms with E-state index in [1.807, 2.05) is 54.6 Å². The van der Waals surface area contributed by atoms with E-state index in [2.05, 4.69) is 0 Å². The molecule has 4 rings (SSSR count). The molecule has 0 spiro atoms. The topological polar surface area (TPSA) is 80.9 Å². The maximum atomic E-state index is 12.0. The molecule has 33 heavy (non-hydrogen) atoms. The van der Waals surface area contributed by atoms with Crippen LogP contribution >= 0.6 is 0 Å². The van der Waals surface area contributed by atoms with Crippen LogP contribution in [-0.2, 0) is 11.2 Å². The summed E-state index contributed by atoms with van der Waals surface area (Å²) in [6.45, 7) is 2.04. The van der Waals surface area contributed by atoms with Gasteiger partial charge in [0.15, 0.2) is 5.75 Å². The van der Waals surface area contributed by atoms with Crippen molar-refractivity contribution in [2.24, 2.45) is 0 Å². The fourth-order valence-corrected chi connectivity index (χ4v) is 3.83. The molecule has 0 amide bonds. The Bertz CT molecular complexity index is 1240. The zero-order chi connectivity index (χ0) is 23.4. The van der Waals surface area contributed by atoms with Crippen LogP contribution in [0.25, 0.3) is 16.9 Å². The molecule has 1 aromatic heterocycles. The highest BCUT2D eigenvalue weighted by atomic mass is 16.5. The minimum atomic E-state index is -0.413. The van der Waals surface area contributed by atoms with Gasteiger partial charge in [0.2, 0.25) is 5.88 Å². The van der Waals surface area contributed by atoms with Crippen molar-refractivity contribution >= 4 is 5.97 Å². The molecule has 0 aliphatic rings. The second-order valence-electron chi connectivity index (χ2n) is 7.49. The first-order chi connectivity index (χ1) is 16.0. The number of carbonyl (C=O) groups is 1. The normalized spacial score (nSPS) is 10.7. The minimum Gasteiger partial charge on any atom is -0.503 e. The van der Waals surface area contributed by atoms with Gasteiger partial charge >= 0.3 is 5.97 Å². The van der Waals surface area contributed by atoms with Crippen molar-refractivity contribution in [2.75, 3.05) is 13.7 Å². The first-order valence-corrected chi connectivity index (χ1v) is 10.6. The summed E-state index contributed by atoms with van der Waals surface area (Å²) in [6, 6.07) is 23.9. The quantitative estimate of drug-likeness (QED) is 0.377. The van der Waals surface area contributed by atoms with Crippen molar-refractivity contribution in [3.05, 3.63) is 95.6 Å². The number of ether oxygens (including phenoxy) is 2. The van der Waals surface area contributed by atoms with Crippen LogP contribution in [-0.4, -0.2) is 34.5 Å². The lowest BCUT2D eigenvalue weighted by Crippen LogP contribution is -2.05. The summed E-state index contributed by atoms with van der Waals surface area (Å²) in [4.78, 5) is 12.0. The van der Waals surface area contributed by atoms with E-state index in [9.17, 15) is 15.0 Å². The lowest BCUT2D eigenvalue weighted by Gasteiger charge is -2.13. The molecule has 0 unspecified atom stereocenters. The number of aromatic hydroxyl groups is 2. The average molecular weight is 443 g/mol. The fourth-order valence-electron chi connectivity index (χ4n) is 3.83. The van der Waals surface area contributed by atoms with Crippen molar-refractivity contribution in [2.45, 2.75) is 13.3 Å². The number of aromatic nitrogens is 1. The number of hydrogen-bond acceptors (Lipinski definition) is 5. The molecule has 2 N–H and O–H groups in total. The Morgan fingerprint density at radius 1 is 0.909 bits per heavy atom. The summed E-state index contributed by atoms with van der Waals surface area (Å²) in [7, 11) is 1.60. The minimum absolute atomic E-state index is 0.181. The Balaban J connectivity index is 1.87. The van der Waals surface area contributed by atoms with Gasteiger partial charge in [-0.1, -0.05) is 30.3 Å². The molecule has 0 bridgehead atoms. The molecule has 0 saturated heterocycles. The van der Waals surface area contributed by atoms with Crippen LogP contribution in [0.1, 0.15) is 28.4 Å². The van der Waals surface area contributed by atoms with Gasteiger partial charge in [-0.3, -0.25) is 4.57 Å². The van der Waals surface area contributed by atoms with Gasteiger partial charge in [0.1, 0.15) is 5.75 Å². The van der Waals surface area contributed by atoms with Crippen LogP contribution in [0.3, 0.4) is 0 Å². The van der Waals surface area contributed by atoms with Gasteiger partial charge in [-0.15, -0.1) is 0 Å². The summed E-state index contributed by atoms with van der Waals surface area (Å²) in [5, 5.41) is 21.9. The van der Waals surface area contributed by atoms with E-state index in [1.165, 1.54) is 0 Å². The highest BCUT2D eigenvalue weighted by molar-refractivity contribution is 5.89. The summed E-state index contributed by atoms with van der Waals surface area (Å²) < 4.78 is 11.9. The number of esters is 1. The third-order valence-corrected chi connectivity index (χ3v) is 5.44. The third-order valence-electron chi connectivity index (χ3n) is 5.44. The van der Waals surface area contributed by atoms with Gasteiger partial charge in [0.05, 0.1) is 25.0 Å². The number of nitrogens with zero attached hydrogens (tertiary/aromatic N) is 1. The number of carbonyl (C=O) groups excluding carboxylic acids is 1. The van der Waals surface area contributed by atoms with Crippen molar-refractivity contribution in [1.29, 1.82) is 0 Å². The molecule has 6 nitrogen and oxygen atoms in total. The molecule has 3 aromatic carbocycles. The largest absolute Gasteiger partial charge is 0.503 e. The molecule has 168 valence electrons. The number of methoxy groups -OCH3 is 1. The van der Waals surface area contributed by atoms with E-state index >= 15 is 0 Å². The molecule has 1 heterocycles. The predicted octanol–water partition coefficient (Wildman–Crippen LogP) is 5.33. The lowest BCUT2D eigenvalue weighted by atomic mass is 10.0. The summed E-state index contributed by atoms with van der Waals surface area (Å²) in [5.74, 6) is -0.160. The lowest BCUT2D eigenvalue weighted by molar-refractivity contribution is 0.0526. The van der Waals surface area contributed by atoms with Gasteiger partial charge < -0.3 is 19.7 Å². The van der Waals surface area contributed by atoms with Crippen LogP contribution in [0.4, 0.5) is 0 Å². The molecular formula is C27H25NO5. The highest BCUT2D eigenvalue weighted by Gasteiger charge is 2.25. The highest BCUT2D eigenvalue weighted by Crippen LogP contribution is 2.44. The van der Waals surface area contributed by atoms with Gasteiger partial charge in [-0.2, -0.15) is 0 Å². The van der Waals surface area contributed by atoms with E-state index in [-0.39, 0.29) is 18.2 Å². The molecular weight excluding hydrogens is 418 g/mol. The zero-order valence-electron chi connectivity index (χ0n) is 18.5. The second-order valence-corrected chi connectivity index (χ2v) is 7.49. The van der Waals surface area contributed by atoms with Gasteiger partial charge in [-0.05, 0) is 66.6 Å². The third kappa shape index (κ3) is 4.41. The van der Waals surface area contributed by atoms with Crippen molar-refractivity contribution in [3.63, 3.8) is 0 Å². The first kappa shape index (κ1) is 22.0. The average Bonchev–Trinajstić information content (AvgIpc) is 3.10. The Hall–Kier alpha value is -4.19. The summed E-state index contributed by atoms with van der Waals surface area (Å²) >= 11 is 0. The van der Waals surface area contributed by atoms with Crippen LogP contribution in [0, 0.1) is 0 Å². The molecule has 6 heteroatoms. The van der Waals surface area contributed by atoms with Crippen LogP contribution < -0.4 is 4.74 Å². The van der Waals surface area contributed by atoms with Crippen molar-refractivity contribution < 1.29 is 24.5 Å². The van der Waals surface area contributed by atoms with Crippen molar-refractivity contribution in [1.82, 2.24) is 4.57 Å². The van der Waals surface area contributed by atoms with E-state index in [0.29, 0.717) is 34.7 Å². The Morgan fingerprint density at radius 3 is 2.18 bits per heavy atom. The molecule has 0 aliphatic carbocycles. The maximum Gasteiger partial charge on any atom is 0.338 e. The summed E-state index contributed by atoms with van der Waals surface area (Å²) in [5.41, 5.74) is 4.05. The second kappa shape index (κ2) is 9.53. The number of benzene rings is 3. The predicted molar refractivity (Wildman–Crippen MR) is 126 cm³/mol. The van der Waals surface area contributed by atoms with Gasteiger partial charge in [0, 0.05) is 17.7 Å². The van der Waals surface area contributed by atoms with Crippen molar-refractivity contribution in [3.8, 4) is 34.3 Å².